The van der Waals surface area contributed by atoms with Gasteiger partial charge in [0.15, 0.2) is 6.61 Å². The monoisotopic (exact) mass is 410 g/mol. The average Bonchev–Trinajstić information content (AvgIpc) is 2.62. The standard InChI is InChI=1S/C19H23FN2O5S/c1-13-10-17(28(24,25)22-16-6-4-15(20)5-7-16)8-9-18(13)27-12-19(23)21-14(2)11-26-3/h4-10,14,22H,11-12H2,1-3H3,(H,21,23)/t14-/m0/s1. The van der Waals surface area contributed by atoms with E-state index in [0.29, 0.717) is 17.9 Å². The summed E-state index contributed by atoms with van der Waals surface area (Å²) in [5, 5.41) is 2.72. The van der Waals surface area contributed by atoms with E-state index in [1.165, 1.54) is 42.5 Å². The van der Waals surface area contributed by atoms with Gasteiger partial charge in [-0.3, -0.25) is 9.52 Å². The van der Waals surface area contributed by atoms with Crippen LogP contribution in [-0.2, 0) is 19.6 Å². The molecular formula is C19H23FN2O5S. The fourth-order valence-electron chi connectivity index (χ4n) is 2.43. The summed E-state index contributed by atoms with van der Waals surface area (Å²) in [4.78, 5) is 11.9. The van der Waals surface area contributed by atoms with Gasteiger partial charge in [0, 0.05) is 18.8 Å². The molecule has 0 radical (unpaired) electrons. The number of sulfonamides is 1. The molecule has 0 fully saturated rings. The predicted molar refractivity (Wildman–Crippen MR) is 103 cm³/mol. The van der Waals surface area contributed by atoms with Crippen LogP contribution in [0.1, 0.15) is 12.5 Å². The van der Waals surface area contributed by atoms with E-state index in [2.05, 4.69) is 10.0 Å². The second-order valence-corrected chi connectivity index (χ2v) is 7.93. The molecule has 28 heavy (non-hydrogen) atoms. The van der Waals surface area contributed by atoms with E-state index >= 15 is 0 Å². The van der Waals surface area contributed by atoms with Gasteiger partial charge in [-0.05, 0) is 61.9 Å². The number of hydrogen-bond donors (Lipinski definition) is 2. The van der Waals surface area contributed by atoms with Gasteiger partial charge in [0.05, 0.1) is 11.5 Å². The first-order chi connectivity index (χ1) is 13.2. The molecule has 0 saturated carbocycles. The van der Waals surface area contributed by atoms with Gasteiger partial charge in [-0.25, -0.2) is 12.8 Å². The molecule has 2 N–H and O–H groups in total. The van der Waals surface area contributed by atoms with Crippen molar-refractivity contribution >= 4 is 21.6 Å². The average molecular weight is 410 g/mol. The van der Waals surface area contributed by atoms with Crippen molar-refractivity contribution in [1.82, 2.24) is 5.32 Å². The molecule has 0 aromatic heterocycles. The molecule has 9 heteroatoms. The van der Waals surface area contributed by atoms with E-state index in [4.69, 9.17) is 9.47 Å². The maximum atomic E-state index is 13.0. The number of carbonyl (C=O) groups is 1. The molecule has 0 spiro atoms. The summed E-state index contributed by atoms with van der Waals surface area (Å²) in [5.74, 6) is -0.366. The fourth-order valence-corrected chi connectivity index (χ4v) is 3.58. The van der Waals surface area contributed by atoms with Crippen LogP contribution in [0.4, 0.5) is 10.1 Å². The number of rotatable bonds is 9. The van der Waals surface area contributed by atoms with Gasteiger partial charge < -0.3 is 14.8 Å². The number of carbonyl (C=O) groups excluding carboxylic acids is 1. The zero-order valence-corrected chi connectivity index (χ0v) is 16.7. The highest BCUT2D eigenvalue weighted by Gasteiger charge is 2.16. The maximum absolute atomic E-state index is 13.0. The van der Waals surface area contributed by atoms with E-state index in [1.807, 2.05) is 0 Å². The molecule has 0 saturated heterocycles. The van der Waals surface area contributed by atoms with Gasteiger partial charge in [-0.15, -0.1) is 0 Å². The SMILES string of the molecule is COC[C@H](C)NC(=O)COc1ccc(S(=O)(=O)Nc2ccc(F)cc2)cc1C. The minimum Gasteiger partial charge on any atom is -0.484 e. The molecule has 0 aliphatic carbocycles. The lowest BCUT2D eigenvalue weighted by Gasteiger charge is -2.14. The molecule has 7 nitrogen and oxygen atoms in total. The molecular weight excluding hydrogens is 387 g/mol. The van der Waals surface area contributed by atoms with Gasteiger partial charge in [0.25, 0.3) is 15.9 Å². The lowest BCUT2D eigenvalue weighted by atomic mass is 10.2. The van der Waals surface area contributed by atoms with Crippen LogP contribution in [0.25, 0.3) is 0 Å². The Labute approximate surface area is 163 Å². The molecule has 1 atom stereocenters. The van der Waals surface area contributed by atoms with Crippen LogP contribution in [0.3, 0.4) is 0 Å². The van der Waals surface area contributed by atoms with Crippen LogP contribution < -0.4 is 14.8 Å². The number of halogens is 1. The molecule has 1 amide bonds. The van der Waals surface area contributed by atoms with Crippen molar-refractivity contribution in [3.05, 3.63) is 53.8 Å². The van der Waals surface area contributed by atoms with Crippen LogP contribution in [-0.4, -0.2) is 40.7 Å². The van der Waals surface area contributed by atoms with Gasteiger partial charge >= 0.3 is 0 Å². The zero-order valence-electron chi connectivity index (χ0n) is 15.9. The quantitative estimate of drug-likeness (QED) is 0.662. The smallest absolute Gasteiger partial charge is 0.261 e. The fraction of sp³-hybridized carbons (Fsp3) is 0.316. The minimum absolute atomic E-state index is 0.0276. The summed E-state index contributed by atoms with van der Waals surface area (Å²) in [6.07, 6.45) is 0. The molecule has 0 unspecified atom stereocenters. The summed E-state index contributed by atoms with van der Waals surface area (Å²) < 4.78 is 50.7. The number of anilines is 1. The van der Waals surface area contributed by atoms with E-state index in [9.17, 15) is 17.6 Å². The summed E-state index contributed by atoms with van der Waals surface area (Å²) in [5.41, 5.74) is 0.806. The Bertz CT molecular complexity index is 916. The van der Waals surface area contributed by atoms with Gasteiger partial charge in [0.2, 0.25) is 0 Å². The Morgan fingerprint density at radius 1 is 1.18 bits per heavy atom. The molecule has 0 aliphatic rings. The second kappa shape index (κ2) is 9.52. The van der Waals surface area contributed by atoms with Crippen LogP contribution in [0.15, 0.2) is 47.4 Å². The van der Waals surface area contributed by atoms with Crippen molar-refractivity contribution in [2.75, 3.05) is 25.0 Å². The number of methoxy groups -OCH3 is 1. The Hall–Kier alpha value is -2.65. The lowest BCUT2D eigenvalue weighted by Crippen LogP contribution is -2.38. The number of amides is 1. The topological polar surface area (TPSA) is 93.7 Å². The Kier molecular flexibility index (Phi) is 7.36. The van der Waals surface area contributed by atoms with Crippen molar-refractivity contribution in [3.8, 4) is 5.75 Å². The highest BCUT2D eigenvalue weighted by atomic mass is 32.2. The molecule has 0 heterocycles. The lowest BCUT2D eigenvalue weighted by molar-refractivity contribution is -0.124. The van der Waals surface area contributed by atoms with Gasteiger partial charge in [-0.1, -0.05) is 0 Å². The first-order valence-corrected chi connectivity index (χ1v) is 9.99. The number of hydrogen-bond acceptors (Lipinski definition) is 5. The van der Waals surface area contributed by atoms with Crippen LogP contribution in [0.5, 0.6) is 5.75 Å². The maximum Gasteiger partial charge on any atom is 0.261 e. The van der Waals surface area contributed by atoms with E-state index < -0.39 is 15.8 Å². The van der Waals surface area contributed by atoms with E-state index in [-0.39, 0.29) is 29.1 Å². The van der Waals surface area contributed by atoms with Crippen LogP contribution in [0, 0.1) is 12.7 Å². The number of nitrogens with one attached hydrogen (secondary N) is 2. The van der Waals surface area contributed by atoms with Crippen LogP contribution in [0.2, 0.25) is 0 Å². The number of ether oxygens (including phenoxy) is 2. The highest BCUT2D eigenvalue weighted by Crippen LogP contribution is 2.23. The molecule has 152 valence electrons. The molecule has 2 aromatic carbocycles. The van der Waals surface area contributed by atoms with Crippen LogP contribution >= 0.6 is 0 Å². The van der Waals surface area contributed by atoms with Gasteiger partial charge in [-0.2, -0.15) is 0 Å². The van der Waals surface area contributed by atoms with E-state index in [1.54, 1.807) is 21.0 Å². The van der Waals surface area contributed by atoms with E-state index in [0.717, 1.165) is 0 Å². The third kappa shape index (κ3) is 6.21. The van der Waals surface area contributed by atoms with Crippen molar-refractivity contribution in [1.29, 1.82) is 0 Å². The highest BCUT2D eigenvalue weighted by molar-refractivity contribution is 7.92. The largest absolute Gasteiger partial charge is 0.484 e. The molecule has 0 aliphatic heterocycles. The summed E-state index contributed by atoms with van der Waals surface area (Å²) in [6, 6.07) is 9.15. The van der Waals surface area contributed by atoms with Crippen molar-refractivity contribution in [2.45, 2.75) is 24.8 Å². The zero-order chi connectivity index (χ0) is 20.7. The molecule has 2 rings (SSSR count). The van der Waals surface area contributed by atoms with Crippen molar-refractivity contribution in [3.63, 3.8) is 0 Å². The summed E-state index contributed by atoms with van der Waals surface area (Å²) in [7, 11) is -2.30. The molecule has 0 bridgehead atoms. The third-order valence-corrected chi connectivity index (χ3v) is 5.11. The first-order valence-electron chi connectivity index (χ1n) is 8.51. The number of aryl methyl sites for hydroxylation is 1. The normalized spacial score (nSPS) is 12.3. The molecule has 2 aromatic rings. The van der Waals surface area contributed by atoms with Crippen molar-refractivity contribution in [2.24, 2.45) is 0 Å². The third-order valence-electron chi connectivity index (χ3n) is 3.74. The summed E-state index contributed by atoms with van der Waals surface area (Å²) in [6.45, 7) is 3.67. The Morgan fingerprint density at radius 3 is 2.46 bits per heavy atom. The van der Waals surface area contributed by atoms with Crippen molar-refractivity contribution < 1.29 is 27.1 Å². The Morgan fingerprint density at radius 2 is 1.86 bits per heavy atom. The Balaban J connectivity index is 2.02. The predicted octanol–water partition coefficient (Wildman–Crippen LogP) is 2.46. The van der Waals surface area contributed by atoms with Gasteiger partial charge in [0.1, 0.15) is 11.6 Å². The second-order valence-electron chi connectivity index (χ2n) is 6.25. The minimum atomic E-state index is -3.84. The number of benzene rings is 2. The first kappa shape index (κ1) is 21.6. The summed E-state index contributed by atoms with van der Waals surface area (Å²) >= 11 is 0.